The average molecular weight is 680 g/mol. The molecule has 3 N–H and O–H groups in total. The molecule has 6 rings (SSSR count). The van der Waals surface area contributed by atoms with Gasteiger partial charge in [0.2, 0.25) is 5.91 Å². The van der Waals surface area contributed by atoms with Gasteiger partial charge >= 0.3 is 6.09 Å². The Morgan fingerprint density at radius 3 is 1.74 bits per heavy atom. The molecule has 11 nitrogen and oxygen atoms in total. The number of benzene rings is 2. The SMILES string of the molecule is C=C(N[C@H](C(=O)N1CCC[C@H]1c1ncc(-c2ccc(-c3ccc(-c4cnc([C@@H]5CCCN5C(=O)OC(C)(C)C)[nH]4)cc3)cc2)[nH]1)C(C)C)OC. The molecule has 2 fully saturated rings. The minimum Gasteiger partial charge on any atom is -0.483 e. The minimum absolute atomic E-state index is 0.0284. The molecule has 2 aliphatic heterocycles. The number of hydrogen-bond acceptors (Lipinski definition) is 7. The summed E-state index contributed by atoms with van der Waals surface area (Å²) in [5.74, 6) is 2.05. The Labute approximate surface area is 294 Å². The highest BCUT2D eigenvalue weighted by Gasteiger charge is 2.37. The van der Waals surface area contributed by atoms with Crippen molar-refractivity contribution < 1.29 is 19.1 Å². The van der Waals surface area contributed by atoms with Gasteiger partial charge in [0, 0.05) is 13.1 Å². The summed E-state index contributed by atoms with van der Waals surface area (Å²) in [6.07, 6.45) is 6.93. The molecule has 0 radical (unpaired) electrons. The lowest BCUT2D eigenvalue weighted by Crippen LogP contribution is -2.48. The lowest BCUT2D eigenvalue weighted by molar-refractivity contribution is -0.135. The van der Waals surface area contributed by atoms with Crippen LogP contribution in [0.4, 0.5) is 4.79 Å². The van der Waals surface area contributed by atoms with Crippen molar-refractivity contribution in [3.05, 3.63) is 85.0 Å². The maximum absolute atomic E-state index is 13.6. The van der Waals surface area contributed by atoms with Crippen molar-refractivity contribution in [2.75, 3.05) is 20.2 Å². The largest absolute Gasteiger partial charge is 0.483 e. The van der Waals surface area contributed by atoms with Crippen LogP contribution in [-0.4, -0.2) is 73.6 Å². The third kappa shape index (κ3) is 7.56. The Balaban J connectivity index is 1.11. The molecule has 2 saturated heterocycles. The third-order valence-electron chi connectivity index (χ3n) is 9.46. The molecule has 2 aromatic carbocycles. The molecule has 11 heteroatoms. The molecule has 4 heterocycles. The van der Waals surface area contributed by atoms with Crippen LogP contribution in [0.2, 0.25) is 0 Å². The summed E-state index contributed by atoms with van der Waals surface area (Å²) in [6, 6.07) is 16.1. The molecule has 0 aliphatic carbocycles. The quantitative estimate of drug-likeness (QED) is 0.147. The number of nitrogens with zero attached hydrogens (tertiary/aromatic N) is 4. The highest BCUT2D eigenvalue weighted by molar-refractivity contribution is 5.83. The van der Waals surface area contributed by atoms with Gasteiger partial charge in [0.1, 0.15) is 23.3 Å². The number of carbonyl (C=O) groups is 2. The zero-order valence-corrected chi connectivity index (χ0v) is 30.0. The normalized spacial score (nSPS) is 18.4. The first-order chi connectivity index (χ1) is 23.9. The Bertz CT molecular complexity index is 1800. The van der Waals surface area contributed by atoms with Crippen LogP contribution in [0.25, 0.3) is 33.6 Å². The topological polar surface area (TPSA) is 128 Å². The van der Waals surface area contributed by atoms with E-state index in [1.165, 1.54) is 0 Å². The van der Waals surface area contributed by atoms with Crippen LogP contribution in [-0.2, 0) is 14.3 Å². The lowest BCUT2D eigenvalue weighted by Gasteiger charge is -2.31. The molecule has 2 aromatic heterocycles. The number of likely N-dealkylation sites (tertiary alicyclic amines) is 2. The van der Waals surface area contributed by atoms with E-state index in [4.69, 9.17) is 14.5 Å². The summed E-state index contributed by atoms with van der Waals surface area (Å²) in [4.78, 5) is 46.4. The van der Waals surface area contributed by atoms with Crippen LogP contribution >= 0.6 is 0 Å². The zero-order valence-electron chi connectivity index (χ0n) is 30.0. The predicted octanol–water partition coefficient (Wildman–Crippen LogP) is 7.60. The van der Waals surface area contributed by atoms with E-state index in [0.717, 1.165) is 71.0 Å². The van der Waals surface area contributed by atoms with Crippen molar-refractivity contribution in [3.8, 4) is 33.6 Å². The zero-order chi connectivity index (χ0) is 35.6. The van der Waals surface area contributed by atoms with Gasteiger partial charge in [0.15, 0.2) is 5.88 Å². The molecule has 0 bridgehead atoms. The molecule has 0 spiro atoms. The highest BCUT2D eigenvalue weighted by Crippen LogP contribution is 2.35. The lowest BCUT2D eigenvalue weighted by atomic mass is 10.0. The molecule has 0 saturated carbocycles. The second-order valence-electron chi connectivity index (χ2n) is 14.5. The van der Waals surface area contributed by atoms with Gasteiger partial charge in [-0.2, -0.15) is 0 Å². The summed E-state index contributed by atoms with van der Waals surface area (Å²) < 4.78 is 10.8. The van der Waals surface area contributed by atoms with E-state index < -0.39 is 11.6 Å². The van der Waals surface area contributed by atoms with Crippen LogP contribution in [0.1, 0.15) is 84.0 Å². The van der Waals surface area contributed by atoms with Gasteiger partial charge in [-0.3, -0.25) is 9.69 Å². The Hall–Kier alpha value is -5.06. The van der Waals surface area contributed by atoms with Gasteiger partial charge < -0.3 is 29.7 Å². The average Bonchev–Trinajstić information content (AvgIpc) is 3.92. The maximum Gasteiger partial charge on any atom is 0.410 e. The molecule has 264 valence electrons. The minimum atomic E-state index is -0.541. The van der Waals surface area contributed by atoms with Crippen molar-refractivity contribution in [2.45, 2.75) is 84.0 Å². The standard InChI is InChI=1S/C39H49N7O4/c1-24(2)34(42-25(3)49-7)37(47)45-20-8-10-32(45)35-40-22-30(43-35)28-16-12-26(13-17-28)27-14-18-29(19-15-27)31-23-41-36(44-31)33-11-9-21-46(33)38(48)50-39(4,5)6/h12-19,22-24,32-34,42H,3,8-11,20-21H2,1-2,4-7H3,(H,40,43)(H,41,44)/t32-,33-,34-/m0/s1. The molecule has 3 atom stereocenters. The van der Waals surface area contributed by atoms with Gasteiger partial charge in [0.25, 0.3) is 0 Å². The summed E-state index contributed by atoms with van der Waals surface area (Å²) in [5.41, 5.74) is 5.52. The first kappa shape index (κ1) is 34.8. The van der Waals surface area contributed by atoms with E-state index in [2.05, 4.69) is 75.4 Å². The van der Waals surface area contributed by atoms with Gasteiger partial charge in [0.05, 0.1) is 43.0 Å². The summed E-state index contributed by atoms with van der Waals surface area (Å²) in [5, 5.41) is 3.14. The number of imidazole rings is 2. The summed E-state index contributed by atoms with van der Waals surface area (Å²) >= 11 is 0. The van der Waals surface area contributed by atoms with E-state index in [9.17, 15) is 9.59 Å². The first-order valence-electron chi connectivity index (χ1n) is 17.5. The smallest absolute Gasteiger partial charge is 0.410 e. The molecular formula is C39H49N7O4. The fraction of sp³-hybridized carbons (Fsp3) is 0.436. The molecule has 2 aliphatic rings. The number of nitrogens with one attached hydrogen (secondary N) is 3. The number of amides is 2. The second kappa shape index (κ2) is 14.4. The monoisotopic (exact) mass is 679 g/mol. The molecule has 50 heavy (non-hydrogen) atoms. The number of carbonyl (C=O) groups excluding carboxylic acids is 2. The van der Waals surface area contributed by atoms with Crippen molar-refractivity contribution in [1.29, 1.82) is 0 Å². The van der Waals surface area contributed by atoms with Crippen LogP contribution in [0.15, 0.2) is 73.4 Å². The van der Waals surface area contributed by atoms with Gasteiger partial charge in [-0.15, -0.1) is 0 Å². The predicted molar refractivity (Wildman–Crippen MR) is 194 cm³/mol. The molecule has 0 unspecified atom stereocenters. The Morgan fingerprint density at radius 2 is 1.28 bits per heavy atom. The molecule has 2 amide bonds. The molecular weight excluding hydrogens is 630 g/mol. The van der Waals surface area contributed by atoms with Gasteiger partial charge in [-0.25, -0.2) is 14.8 Å². The maximum atomic E-state index is 13.6. The number of rotatable bonds is 10. The number of aromatic amines is 2. The van der Waals surface area contributed by atoms with Crippen molar-refractivity contribution in [2.24, 2.45) is 5.92 Å². The van der Waals surface area contributed by atoms with E-state index in [0.29, 0.717) is 19.0 Å². The fourth-order valence-electron chi connectivity index (χ4n) is 6.82. The summed E-state index contributed by atoms with van der Waals surface area (Å²) in [6.45, 7) is 14.9. The van der Waals surface area contributed by atoms with E-state index in [1.807, 2.05) is 51.9 Å². The third-order valence-corrected chi connectivity index (χ3v) is 9.46. The first-order valence-corrected chi connectivity index (χ1v) is 17.5. The Morgan fingerprint density at radius 1 is 0.820 bits per heavy atom. The number of hydrogen-bond donors (Lipinski definition) is 3. The van der Waals surface area contributed by atoms with E-state index in [-0.39, 0.29) is 30.0 Å². The number of aromatic nitrogens is 4. The van der Waals surface area contributed by atoms with Crippen molar-refractivity contribution in [1.82, 2.24) is 35.1 Å². The number of methoxy groups -OCH3 is 1. The van der Waals surface area contributed by atoms with E-state index in [1.54, 1.807) is 12.0 Å². The number of H-pyrrole nitrogens is 2. The molecule has 4 aromatic rings. The van der Waals surface area contributed by atoms with Crippen LogP contribution in [0, 0.1) is 5.92 Å². The highest BCUT2D eigenvalue weighted by atomic mass is 16.6. The van der Waals surface area contributed by atoms with Crippen molar-refractivity contribution >= 4 is 12.0 Å². The van der Waals surface area contributed by atoms with Gasteiger partial charge in [-0.1, -0.05) is 62.4 Å². The fourth-order valence-corrected chi connectivity index (χ4v) is 6.82. The second-order valence-corrected chi connectivity index (χ2v) is 14.5. The van der Waals surface area contributed by atoms with Gasteiger partial charge in [-0.05, 0) is 81.2 Å². The summed E-state index contributed by atoms with van der Waals surface area (Å²) in [7, 11) is 1.54. The Kier molecular flexibility index (Phi) is 10.0. The van der Waals surface area contributed by atoms with Crippen LogP contribution in [0.3, 0.4) is 0 Å². The van der Waals surface area contributed by atoms with Crippen LogP contribution < -0.4 is 5.32 Å². The van der Waals surface area contributed by atoms with Crippen LogP contribution in [0.5, 0.6) is 0 Å². The number of ether oxygens (including phenoxy) is 2. The van der Waals surface area contributed by atoms with E-state index >= 15 is 0 Å². The van der Waals surface area contributed by atoms with Crippen molar-refractivity contribution in [3.63, 3.8) is 0 Å².